The predicted molar refractivity (Wildman–Crippen MR) is 87.0 cm³/mol. The number of halogens is 2. The number of H-pyrrole nitrogens is 1. The number of benzene rings is 1. The maximum Gasteiger partial charge on any atom is 0.264 e. The third-order valence-corrected chi connectivity index (χ3v) is 5.02. The van der Waals surface area contributed by atoms with Crippen LogP contribution < -0.4 is 4.72 Å². The first-order valence-corrected chi connectivity index (χ1v) is 8.63. The van der Waals surface area contributed by atoms with Crippen LogP contribution in [0, 0.1) is 11.3 Å². The van der Waals surface area contributed by atoms with Crippen molar-refractivity contribution in [2.24, 2.45) is 0 Å². The molecule has 0 unspecified atom stereocenters. The summed E-state index contributed by atoms with van der Waals surface area (Å²) in [6, 6.07) is 6.59. The minimum Gasteiger partial charge on any atom is -0.360 e. The van der Waals surface area contributed by atoms with Crippen LogP contribution in [0.2, 0.25) is 5.02 Å². The minimum absolute atomic E-state index is 0.00531. The molecule has 2 N–H and O–H groups in total. The normalized spacial score (nSPS) is 11.5. The van der Waals surface area contributed by atoms with Gasteiger partial charge in [-0.25, -0.2) is 12.8 Å². The van der Waals surface area contributed by atoms with E-state index in [1.54, 1.807) is 18.2 Å². The molecule has 0 amide bonds. The van der Waals surface area contributed by atoms with E-state index in [-0.39, 0.29) is 22.8 Å². The molecule has 7 nitrogen and oxygen atoms in total. The number of sulfonamides is 1. The van der Waals surface area contributed by atoms with E-state index in [9.17, 15) is 12.8 Å². The van der Waals surface area contributed by atoms with Crippen LogP contribution in [0.1, 0.15) is 5.69 Å². The second-order valence-corrected chi connectivity index (χ2v) is 6.97. The number of aromatic nitrogens is 3. The highest BCUT2D eigenvalue weighted by atomic mass is 35.5. The van der Waals surface area contributed by atoms with Gasteiger partial charge < -0.3 is 4.98 Å². The van der Waals surface area contributed by atoms with Gasteiger partial charge >= 0.3 is 0 Å². The lowest BCUT2D eigenvalue weighted by Gasteiger charge is -2.06. The number of aryl methyl sites for hydroxylation is 1. The first-order chi connectivity index (χ1) is 11.5. The topological polar surface area (TPSA) is 104 Å². The van der Waals surface area contributed by atoms with E-state index in [1.165, 1.54) is 12.4 Å². The molecule has 0 aliphatic heterocycles. The number of hydrogen-bond donors (Lipinski definition) is 2. The Morgan fingerprint density at radius 3 is 2.96 bits per heavy atom. The van der Waals surface area contributed by atoms with E-state index < -0.39 is 16.7 Å². The number of aromatic amines is 1. The number of nitrogens with zero attached hydrogens (tertiary/aromatic N) is 3. The number of anilines is 1. The van der Waals surface area contributed by atoms with Crippen molar-refractivity contribution < 1.29 is 12.8 Å². The first kappa shape index (κ1) is 16.3. The van der Waals surface area contributed by atoms with Crippen LogP contribution in [0.4, 0.5) is 10.1 Å². The molecule has 2 aromatic heterocycles. The molecule has 0 bridgehead atoms. The van der Waals surface area contributed by atoms with Gasteiger partial charge in [0.2, 0.25) is 0 Å². The summed E-state index contributed by atoms with van der Waals surface area (Å²) < 4.78 is 41.1. The highest BCUT2D eigenvalue weighted by Gasteiger charge is 2.22. The van der Waals surface area contributed by atoms with E-state index in [4.69, 9.17) is 16.9 Å². The summed E-state index contributed by atoms with van der Waals surface area (Å²) in [5.74, 6) is 0. The van der Waals surface area contributed by atoms with Crippen molar-refractivity contribution in [3.05, 3.63) is 41.3 Å². The molecule has 10 heteroatoms. The van der Waals surface area contributed by atoms with E-state index in [1.807, 2.05) is 6.07 Å². The monoisotopic (exact) mass is 367 g/mol. The summed E-state index contributed by atoms with van der Waals surface area (Å²) in [7, 11) is -3.97. The van der Waals surface area contributed by atoms with Gasteiger partial charge in [-0.15, -0.1) is 0 Å². The Morgan fingerprint density at radius 1 is 1.46 bits per heavy atom. The van der Waals surface area contributed by atoms with Crippen LogP contribution in [-0.4, -0.2) is 29.9 Å². The molecule has 0 atom stereocenters. The molecule has 124 valence electrons. The number of alkyl halides is 1. The fraction of sp³-hybridized carbons (Fsp3) is 0.143. The molecule has 0 fully saturated rings. The zero-order valence-electron chi connectivity index (χ0n) is 12.1. The molecule has 2 heterocycles. The average molecular weight is 368 g/mol. The fourth-order valence-electron chi connectivity index (χ4n) is 2.32. The standard InChI is InChI=1S/C14H11ClFN5O2S/c15-9-1-2-10-11(5-9)18-8-14(10)24(22,23)20-12-7-19-21(4-3-16)13(12)6-17/h1-2,5,7-8,18,20H,3-4H2. The third kappa shape index (κ3) is 2.81. The number of nitriles is 1. The molecule has 3 rings (SSSR count). The minimum atomic E-state index is -3.97. The van der Waals surface area contributed by atoms with Crippen LogP contribution in [-0.2, 0) is 16.6 Å². The Balaban J connectivity index is 2.01. The summed E-state index contributed by atoms with van der Waals surface area (Å²) in [5.41, 5.74) is 0.505. The smallest absolute Gasteiger partial charge is 0.264 e. The summed E-state index contributed by atoms with van der Waals surface area (Å²) in [6.45, 7) is -0.845. The highest BCUT2D eigenvalue weighted by Crippen LogP contribution is 2.27. The second kappa shape index (κ2) is 6.14. The van der Waals surface area contributed by atoms with Gasteiger partial charge in [-0.3, -0.25) is 9.40 Å². The molecule has 24 heavy (non-hydrogen) atoms. The predicted octanol–water partition coefficient (Wildman–Crippen LogP) is 2.66. The largest absolute Gasteiger partial charge is 0.360 e. The second-order valence-electron chi connectivity index (χ2n) is 4.88. The van der Waals surface area contributed by atoms with Crippen molar-refractivity contribution in [2.75, 3.05) is 11.4 Å². The Bertz CT molecular complexity index is 1050. The Kier molecular flexibility index (Phi) is 4.17. The molecule has 0 aliphatic rings. The lowest BCUT2D eigenvalue weighted by Crippen LogP contribution is -2.13. The first-order valence-electron chi connectivity index (χ1n) is 6.77. The summed E-state index contributed by atoms with van der Waals surface area (Å²) in [4.78, 5) is 2.85. The zero-order chi connectivity index (χ0) is 17.3. The van der Waals surface area contributed by atoms with Gasteiger partial charge in [-0.05, 0) is 18.2 Å². The zero-order valence-corrected chi connectivity index (χ0v) is 13.7. The third-order valence-electron chi connectivity index (χ3n) is 3.38. The molecule has 0 saturated heterocycles. The van der Waals surface area contributed by atoms with Crippen molar-refractivity contribution in [3.63, 3.8) is 0 Å². The van der Waals surface area contributed by atoms with Gasteiger partial charge in [0, 0.05) is 22.1 Å². The number of rotatable bonds is 5. The van der Waals surface area contributed by atoms with Gasteiger partial charge in [0.15, 0.2) is 5.69 Å². The lowest BCUT2D eigenvalue weighted by atomic mass is 10.2. The highest BCUT2D eigenvalue weighted by molar-refractivity contribution is 7.93. The quantitative estimate of drug-likeness (QED) is 0.723. The Hall–Kier alpha value is -2.57. The number of fused-ring (bicyclic) bond motifs is 1. The van der Waals surface area contributed by atoms with Gasteiger partial charge in [-0.1, -0.05) is 11.6 Å². The van der Waals surface area contributed by atoms with Crippen LogP contribution in [0.3, 0.4) is 0 Å². The van der Waals surface area contributed by atoms with Crippen molar-refractivity contribution >= 4 is 38.2 Å². The Morgan fingerprint density at radius 2 is 2.25 bits per heavy atom. The van der Waals surface area contributed by atoms with Crippen LogP contribution in [0.15, 0.2) is 35.5 Å². The summed E-state index contributed by atoms with van der Waals surface area (Å²) in [6.07, 6.45) is 2.51. The van der Waals surface area contributed by atoms with Gasteiger partial charge in [-0.2, -0.15) is 10.4 Å². The van der Waals surface area contributed by atoms with Crippen molar-refractivity contribution in [1.29, 1.82) is 5.26 Å². The molecule has 3 aromatic rings. The summed E-state index contributed by atoms with van der Waals surface area (Å²) >= 11 is 5.88. The molecule has 0 aliphatic carbocycles. The van der Waals surface area contributed by atoms with E-state index in [2.05, 4.69) is 14.8 Å². The summed E-state index contributed by atoms with van der Waals surface area (Å²) in [5, 5.41) is 13.9. The molecular weight excluding hydrogens is 357 g/mol. The lowest BCUT2D eigenvalue weighted by molar-refractivity contribution is 0.425. The van der Waals surface area contributed by atoms with Crippen molar-refractivity contribution in [2.45, 2.75) is 11.4 Å². The van der Waals surface area contributed by atoms with Crippen LogP contribution >= 0.6 is 11.6 Å². The molecule has 0 saturated carbocycles. The number of nitrogens with one attached hydrogen (secondary N) is 2. The van der Waals surface area contributed by atoms with Crippen LogP contribution in [0.25, 0.3) is 10.9 Å². The molecule has 0 spiro atoms. The van der Waals surface area contributed by atoms with Gasteiger partial charge in [0.25, 0.3) is 10.0 Å². The van der Waals surface area contributed by atoms with E-state index in [0.29, 0.717) is 15.9 Å². The van der Waals surface area contributed by atoms with Gasteiger partial charge in [0.1, 0.15) is 23.3 Å². The fourth-order valence-corrected chi connectivity index (χ4v) is 3.72. The molecule has 1 aromatic carbocycles. The van der Waals surface area contributed by atoms with E-state index in [0.717, 1.165) is 4.68 Å². The van der Waals surface area contributed by atoms with E-state index >= 15 is 0 Å². The van der Waals surface area contributed by atoms with Crippen LogP contribution in [0.5, 0.6) is 0 Å². The molecular formula is C14H11ClFN5O2S. The molecule has 0 radical (unpaired) electrons. The van der Waals surface area contributed by atoms with Crippen molar-refractivity contribution in [3.8, 4) is 6.07 Å². The average Bonchev–Trinajstić information content (AvgIpc) is 3.11. The number of hydrogen-bond acceptors (Lipinski definition) is 4. The maximum atomic E-state index is 12.6. The SMILES string of the molecule is N#Cc1c(NS(=O)(=O)c2c[nH]c3cc(Cl)ccc23)cnn1CCF. The maximum absolute atomic E-state index is 12.6. The van der Waals surface area contributed by atoms with Crippen molar-refractivity contribution in [1.82, 2.24) is 14.8 Å². The van der Waals surface area contributed by atoms with Gasteiger partial charge in [0.05, 0.1) is 12.7 Å². The Labute approximate surface area is 141 Å².